The number of carboxylic acid groups (broad SMARTS) is 1. The summed E-state index contributed by atoms with van der Waals surface area (Å²) in [5, 5.41) is 8.95. The monoisotopic (exact) mass is 396 g/mol. The van der Waals surface area contributed by atoms with E-state index >= 15 is 0 Å². The first-order valence-corrected chi connectivity index (χ1v) is 10.1. The molecule has 154 valence electrons. The van der Waals surface area contributed by atoms with Crippen LogP contribution in [-0.4, -0.2) is 30.6 Å². The van der Waals surface area contributed by atoms with Gasteiger partial charge in [-0.25, -0.2) is 4.79 Å². The van der Waals surface area contributed by atoms with Crippen LogP contribution in [0, 0.1) is 11.8 Å². The highest BCUT2D eigenvalue weighted by Gasteiger charge is 2.26. The molecule has 3 rings (SSSR count). The zero-order chi connectivity index (χ0) is 20.6. The molecule has 0 radical (unpaired) electrons. The molecule has 1 N–H and O–H groups in total. The molecule has 0 aliphatic heterocycles. The first-order valence-electron chi connectivity index (χ1n) is 10.1. The van der Waals surface area contributed by atoms with Crippen molar-refractivity contribution in [1.82, 2.24) is 0 Å². The van der Waals surface area contributed by atoms with E-state index in [1.807, 2.05) is 24.3 Å². The van der Waals surface area contributed by atoms with Crippen molar-refractivity contribution in [1.29, 1.82) is 0 Å². The summed E-state index contributed by atoms with van der Waals surface area (Å²) in [5.74, 6) is 0.745. The summed E-state index contributed by atoms with van der Waals surface area (Å²) in [4.78, 5) is 23.5. The molecule has 1 saturated carbocycles. The summed E-state index contributed by atoms with van der Waals surface area (Å²) in [6.45, 7) is 1.28. The lowest BCUT2D eigenvalue weighted by atomic mass is 9.79. The highest BCUT2D eigenvalue weighted by molar-refractivity contribution is 5.88. The summed E-state index contributed by atoms with van der Waals surface area (Å²) in [6.07, 6.45) is 4.16. The molecule has 0 atom stereocenters. The van der Waals surface area contributed by atoms with Gasteiger partial charge >= 0.3 is 5.97 Å². The Balaban J connectivity index is 1.41. The first-order chi connectivity index (χ1) is 14.0. The topological polar surface area (TPSA) is 72.8 Å². The van der Waals surface area contributed by atoms with Gasteiger partial charge in [-0.05, 0) is 67.0 Å². The number of hydrogen-bond donors (Lipinski definition) is 1. The van der Waals surface area contributed by atoms with Crippen LogP contribution in [0.3, 0.4) is 0 Å². The van der Waals surface area contributed by atoms with Crippen molar-refractivity contribution in [3.63, 3.8) is 0 Å². The van der Waals surface area contributed by atoms with Crippen LogP contribution in [0.15, 0.2) is 48.5 Å². The van der Waals surface area contributed by atoms with Crippen LogP contribution in [-0.2, 0) is 22.6 Å². The Hall–Kier alpha value is -2.66. The maximum Gasteiger partial charge on any atom is 0.335 e. The summed E-state index contributed by atoms with van der Waals surface area (Å²) in [6, 6.07) is 14.5. The normalized spacial score (nSPS) is 18.9. The van der Waals surface area contributed by atoms with Gasteiger partial charge in [-0.3, -0.25) is 4.79 Å². The van der Waals surface area contributed by atoms with Crippen molar-refractivity contribution in [2.24, 2.45) is 11.8 Å². The van der Waals surface area contributed by atoms with Crippen molar-refractivity contribution in [2.75, 3.05) is 13.7 Å². The standard InChI is InChI=1S/C24H28O5/c1-28-15-18-6-12-22(13-7-18)29-16-19-4-8-20(9-5-19)23(25)14-17-2-10-21(11-3-17)24(26)27/h2-3,6-7,10-13,19-20H,4-5,8-9,14-16H2,1H3,(H,26,27). The number of rotatable bonds is 9. The number of carbonyl (C=O) groups excluding carboxylic acids is 1. The molecule has 0 saturated heterocycles. The number of benzene rings is 2. The zero-order valence-corrected chi connectivity index (χ0v) is 16.8. The summed E-state index contributed by atoms with van der Waals surface area (Å²) in [7, 11) is 1.68. The fraction of sp³-hybridized carbons (Fsp3) is 0.417. The Kier molecular flexibility index (Phi) is 7.42. The van der Waals surface area contributed by atoms with E-state index in [9.17, 15) is 9.59 Å². The van der Waals surface area contributed by atoms with E-state index in [1.165, 1.54) is 0 Å². The van der Waals surface area contributed by atoms with Crippen LogP contribution in [0.1, 0.15) is 47.2 Å². The summed E-state index contributed by atoms with van der Waals surface area (Å²) in [5.41, 5.74) is 2.24. The van der Waals surface area contributed by atoms with Crippen molar-refractivity contribution in [3.05, 3.63) is 65.2 Å². The highest BCUT2D eigenvalue weighted by atomic mass is 16.5. The number of carboxylic acids is 1. The van der Waals surface area contributed by atoms with E-state index in [4.69, 9.17) is 14.6 Å². The fourth-order valence-electron chi connectivity index (χ4n) is 3.82. The van der Waals surface area contributed by atoms with E-state index in [0.717, 1.165) is 42.6 Å². The van der Waals surface area contributed by atoms with E-state index < -0.39 is 5.97 Å². The van der Waals surface area contributed by atoms with Gasteiger partial charge in [-0.15, -0.1) is 0 Å². The van der Waals surface area contributed by atoms with Gasteiger partial charge in [0.05, 0.1) is 18.8 Å². The Morgan fingerprint density at radius 2 is 1.55 bits per heavy atom. The third-order valence-corrected chi connectivity index (χ3v) is 5.60. The van der Waals surface area contributed by atoms with Crippen molar-refractivity contribution < 1.29 is 24.2 Å². The number of Topliss-reactive ketones (excluding diaryl/α,β-unsaturated/α-hetero) is 1. The predicted octanol–water partition coefficient (Wildman–Crippen LogP) is 4.53. The molecule has 1 fully saturated rings. The molecule has 29 heavy (non-hydrogen) atoms. The molecule has 2 aromatic rings. The molecular formula is C24H28O5. The van der Waals surface area contributed by atoms with Gasteiger partial charge in [0.1, 0.15) is 11.5 Å². The van der Waals surface area contributed by atoms with Gasteiger partial charge in [0.15, 0.2) is 0 Å². The van der Waals surface area contributed by atoms with Crippen LogP contribution in [0.25, 0.3) is 0 Å². The Bertz CT molecular complexity index is 802. The van der Waals surface area contributed by atoms with Gasteiger partial charge in [-0.2, -0.15) is 0 Å². The van der Waals surface area contributed by atoms with Gasteiger partial charge in [0.2, 0.25) is 0 Å². The van der Waals surface area contributed by atoms with Crippen LogP contribution >= 0.6 is 0 Å². The molecule has 0 bridgehead atoms. The SMILES string of the molecule is COCc1ccc(OCC2CCC(C(=O)Cc3ccc(C(=O)O)cc3)CC2)cc1. The Morgan fingerprint density at radius 1 is 0.931 bits per heavy atom. The summed E-state index contributed by atoms with van der Waals surface area (Å²) >= 11 is 0. The minimum absolute atomic E-state index is 0.0960. The molecular weight excluding hydrogens is 368 g/mol. The lowest BCUT2D eigenvalue weighted by Crippen LogP contribution is -2.25. The van der Waals surface area contributed by atoms with E-state index in [2.05, 4.69) is 0 Å². The molecule has 1 aliphatic rings. The minimum Gasteiger partial charge on any atom is -0.493 e. The quantitative estimate of drug-likeness (QED) is 0.674. The number of ether oxygens (including phenoxy) is 2. The number of ketones is 1. The molecule has 2 aromatic carbocycles. The zero-order valence-electron chi connectivity index (χ0n) is 16.8. The van der Waals surface area contributed by atoms with Crippen molar-refractivity contribution in [3.8, 4) is 5.75 Å². The van der Waals surface area contributed by atoms with Crippen LogP contribution in [0.4, 0.5) is 0 Å². The smallest absolute Gasteiger partial charge is 0.335 e. The largest absolute Gasteiger partial charge is 0.493 e. The second kappa shape index (κ2) is 10.2. The van der Waals surface area contributed by atoms with Gasteiger partial charge in [0.25, 0.3) is 0 Å². The maximum absolute atomic E-state index is 12.6. The average Bonchev–Trinajstić information content (AvgIpc) is 2.74. The third-order valence-electron chi connectivity index (χ3n) is 5.60. The third kappa shape index (κ3) is 6.16. The molecule has 0 amide bonds. The van der Waals surface area contributed by atoms with Crippen molar-refractivity contribution >= 4 is 11.8 Å². The van der Waals surface area contributed by atoms with Crippen LogP contribution < -0.4 is 4.74 Å². The molecule has 0 unspecified atom stereocenters. The molecule has 5 nitrogen and oxygen atoms in total. The van der Waals surface area contributed by atoms with E-state index in [-0.39, 0.29) is 17.3 Å². The molecule has 0 aromatic heterocycles. The molecule has 5 heteroatoms. The van der Waals surface area contributed by atoms with Crippen LogP contribution in [0.2, 0.25) is 0 Å². The van der Waals surface area contributed by atoms with Gasteiger partial charge in [0, 0.05) is 19.4 Å². The van der Waals surface area contributed by atoms with E-state index in [1.54, 1.807) is 31.4 Å². The molecule has 0 heterocycles. The predicted molar refractivity (Wildman–Crippen MR) is 110 cm³/mol. The Morgan fingerprint density at radius 3 is 2.14 bits per heavy atom. The maximum atomic E-state index is 12.6. The number of aromatic carboxylic acids is 1. The average molecular weight is 396 g/mol. The Labute approximate surface area is 171 Å². The first kappa shape index (κ1) is 21.1. The molecule has 0 spiro atoms. The van der Waals surface area contributed by atoms with Gasteiger partial charge in [-0.1, -0.05) is 24.3 Å². The van der Waals surface area contributed by atoms with Crippen LogP contribution in [0.5, 0.6) is 5.75 Å². The summed E-state index contributed by atoms with van der Waals surface area (Å²) < 4.78 is 11.0. The number of methoxy groups -OCH3 is 1. The highest BCUT2D eigenvalue weighted by Crippen LogP contribution is 2.30. The minimum atomic E-state index is -0.950. The fourth-order valence-corrected chi connectivity index (χ4v) is 3.82. The second-order valence-electron chi connectivity index (χ2n) is 7.75. The van der Waals surface area contributed by atoms with Crippen molar-refractivity contribution in [2.45, 2.75) is 38.7 Å². The van der Waals surface area contributed by atoms with Gasteiger partial charge < -0.3 is 14.6 Å². The van der Waals surface area contributed by atoms with E-state index in [0.29, 0.717) is 25.6 Å². The lowest BCUT2D eigenvalue weighted by Gasteiger charge is -2.27. The number of carbonyl (C=O) groups is 2. The second-order valence-corrected chi connectivity index (χ2v) is 7.75. The molecule has 1 aliphatic carbocycles. The number of hydrogen-bond acceptors (Lipinski definition) is 4. The lowest BCUT2D eigenvalue weighted by molar-refractivity contribution is -0.123.